The molecular formula is C22H23F2N3O2. The highest BCUT2D eigenvalue weighted by Gasteiger charge is 2.38. The SMILES string of the molecule is O=C(C1CC(=O)N(c2ccccc2F)C1)N1CCN(Cc2ccccc2F)CC1. The Morgan fingerprint density at radius 1 is 0.931 bits per heavy atom. The lowest BCUT2D eigenvalue weighted by molar-refractivity contribution is -0.137. The molecule has 0 bridgehead atoms. The number of para-hydroxylation sites is 1. The summed E-state index contributed by atoms with van der Waals surface area (Å²) < 4.78 is 27.9. The van der Waals surface area contributed by atoms with Crippen LogP contribution in [-0.4, -0.2) is 54.3 Å². The standard InChI is InChI=1S/C22H23F2N3O2/c23-18-6-2-1-5-16(18)14-25-9-11-26(12-10-25)22(29)17-13-21(28)27(15-17)20-8-4-3-7-19(20)24/h1-8,17H,9-15H2. The minimum atomic E-state index is -0.462. The van der Waals surface area contributed by atoms with Crippen LogP contribution in [0.2, 0.25) is 0 Å². The zero-order chi connectivity index (χ0) is 20.4. The number of halogens is 2. The van der Waals surface area contributed by atoms with Gasteiger partial charge in [0.15, 0.2) is 0 Å². The van der Waals surface area contributed by atoms with Crippen molar-refractivity contribution in [3.8, 4) is 0 Å². The van der Waals surface area contributed by atoms with E-state index in [1.165, 1.54) is 17.0 Å². The number of amides is 2. The van der Waals surface area contributed by atoms with E-state index >= 15 is 0 Å². The van der Waals surface area contributed by atoms with Crippen LogP contribution in [0.5, 0.6) is 0 Å². The predicted octanol–water partition coefficient (Wildman–Crippen LogP) is 2.66. The van der Waals surface area contributed by atoms with Crippen molar-refractivity contribution in [2.75, 3.05) is 37.6 Å². The second-order valence-electron chi connectivity index (χ2n) is 7.55. The van der Waals surface area contributed by atoms with Gasteiger partial charge in [-0.15, -0.1) is 0 Å². The monoisotopic (exact) mass is 399 g/mol. The van der Waals surface area contributed by atoms with Crippen molar-refractivity contribution in [3.05, 3.63) is 65.7 Å². The number of nitrogens with zero attached hydrogens (tertiary/aromatic N) is 3. The fraction of sp³-hybridized carbons (Fsp3) is 0.364. The number of rotatable bonds is 4. The van der Waals surface area contributed by atoms with Gasteiger partial charge in [-0.05, 0) is 18.2 Å². The van der Waals surface area contributed by atoms with E-state index in [0.29, 0.717) is 38.3 Å². The molecule has 5 nitrogen and oxygen atoms in total. The topological polar surface area (TPSA) is 43.9 Å². The highest BCUT2D eigenvalue weighted by Crippen LogP contribution is 2.28. The zero-order valence-electron chi connectivity index (χ0n) is 16.1. The van der Waals surface area contributed by atoms with Crippen LogP contribution in [0, 0.1) is 17.6 Å². The molecule has 1 unspecified atom stereocenters. The van der Waals surface area contributed by atoms with Crippen LogP contribution in [0.3, 0.4) is 0 Å². The largest absolute Gasteiger partial charge is 0.340 e. The normalized spacial score (nSPS) is 20.3. The predicted molar refractivity (Wildman–Crippen MR) is 105 cm³/mol. The summed E-state index contributed by atoms with van der Waals surface area (Å²) >= 11 is 0. The molecule has 29 heavy (non-hydrogen) atoms. The fourth-order valence-electron chi connectivity index (χ4n) is 4.03. The number of anilines is 1. The first-order valence-electron chi connectivity index (χ1n) is 9.82. The molecule has 2 heterocycles. The first-order valence-corrected chi connectivity index (χ1v) is 9.82. The highest BCUT2D eigenvalue weighted by molar-refractivity contribution is 6.00. The summed E-state index contributed by atoms with van der Waals surface area (Å²) in [5.41, 5.74) is 0.872. The maximum atomic E-state index is 14.0. The average molecular weight is 399 g/mol. The Kier molecular flexibility index (Phi) is 5.58. The maximum Gasteiger partial charge on any atom is 0.228 e. The van der Waals surface area contributed by atoms with Crippen LogP contribution in [0.1, 0.15) is 12.0 Å². The first kappa shape index (κ1) is 19.5. The third-order valence-corrected chi connectivity index (χ3v) is 5.65. The number of hydrogen-bond donors (Lipinski definition) is 0. The smallest absolute Gasteiger partial charge is 0.228 e. The van der Waals surface area contributed by atoms with E-state index in [2.05, 4.69) is 4.90 Å². The molecule has 2 aromatic rings. The summed E-state index contributed by atoms with van der Waals surface area (Å²) in [5.74, 6) is -1.44. The third kappa shape index (κ3) is 4.15. The number of piperazine rings is 1. The Morgan fingerprint density at radius 3 is 2.28 bits per heavy atom. The quantitative estimate of drug-likeness (QED) is 0.794. The molecule has 7 heteroatoms. The first-order chi connectivity index (χ1) is 14.0. The second-order valence-corrected chi connectivity index (χ2v) is 7.55. The van der Waals surface area contributed by atoms with E-state index in [9.17, 15) is 18.4 Å². The van der Waals surface area contributed by atoms with Crippen LogP contribution in [0.15, 0.2) is 48.5 Å². The van der Waals surface area contributed by atoms with Gasteiger partial charge in [0.2, 0.25) is 11.8 Å². The van der Waals surface area contributed by atoms with Crippen LogP contribution in [0.4, 0.5) is 14.5 Å². The van der Waals surface area contributed by atoms with Gasteiger partial charge in [-0.2, -0.15) is 0 Å². The van der Waals surface area contributed by atoms with Gasteiger partial charge in [-0.25, -0.2) is 8.78 Å². The molecule has 2 fully saturated rings. The highest BCUT2D eigenvalue weighted by atomic mass is 19.1. The Labute approximate surface area is 168 Å². The van der Waals surface area contributed by atoms with Crippen molar-refractivity contribution in [1.82, 2.24) is 9.80 Å². The second kappa shape index (κ2) is 8.29. The molecule has 2 amide bonds. The number of carbonyl (C=O) groups excluding carboxylic acids is 2. The van der Waals surface area contributed by atoms with Crippen molar-refractivity contribution in [1.29, 1.82) is 0 Å². The van der Waals surface area contributed by atoms with E-state index in [1.54, 1.807) is 35.2 Å². The zero-order valence-corrected chi connectivity index (χ0v) is 16.1. The van der Waals surface area contributed by atoms with Crippen molar-refractivity contribution in [2.24, 2.45) is 5.92 Å². The average Bonchev–Trinajstić information content (AvgIpc) is 3.11. The lowest BCUT2D eigenvalue weighted by Gasteiger charge is -2.36. The molecule has 152 valence electrons. The van der Waals surface area contributed by atoms with E-state index < -0.39 is 11.7 Å². The van der Waals surface area contributed by atoms with Crippen molar-refractivity contribution >= 4 is 17.5 Å². The molecule has 0 radical (unpaired) electrons. The molecule has 2 aliphatic heterocycles. The van der Waals surface area contributed by atoms with E-state index in [4.69, 9.17) is 0 Å². The Bertz CT molecular complexity index is 912. The summed E-state index contributed by atoms with van der Waals surface area (Å²) in [6, 6.07) is 12.8. The molecule has 0 aromatic heterocycles. The molecule has 0 aliphatic carbocycles. The summed E-state index contributed by atoms with van der Waals surface area (Å²) in [7, 11) is 0. The number of carbonyl (C=O) groups is 2. The lowest BCUT2D eigenvalue weighted by atomic mass is 10.1. The summed E-state index contributed by atoms with van der Waals surface area (Å²) in [6.45, 7) is 3.09. The van der Waals surface area contributed by atoms with Crippen LogP contribution < -0.4 is 4.90 Å². The molecule has 0 spiro atoms. The fourth-order valence-corrected chi connectivity index (χ4v) is 4.03. The summed E-state index contributed by atoms with van der Waals surface area (Å²) in [4.78, 5) is 30.5. The van der Waals surface area contributed by atoms with Gasteiger partial charge in [0, 0.05) is 51.3 Å². The van der Waals surface area contributed by atoms with Gasteiger partial charge < -0.3 is 9.80 Å². The van der Waals surface area contributed by atoms with Crippen molar-refractivity contribution < 1.29 is 18.4 Å². The minimum Gasteiger partial charge on any atom is -0.340 e. The van der Waals surface area contributed by atoms with Gasteiger partial charge in [0.1, 0.15) is 11.6 Å². The minimum absolute atomic E-state index is 0.0669. The van der Waals surface area contributed by atoms with Crippen LogP contribution in [0.25, 0.3) is 0 Å². The molecule has 0 saturated carbocycles. The lowest BCUT2D eigenvalue weighted by Crippen LogP contribution is -2.50. The summed E-state index contributed by atoms with van der Waals surface area (Å²) in [5, 5.41) is 0. The van der Waals surface area contributed by atoms with E-state index in [0.717, 1.165) is 0 Å². The van der Waals surface area contributed by atoms with Gasteiger partial charge in [0.05, 0.1) is 11.6 Å². The van der Waals surface area contributed by atoms with Gasteiger partial charge in [-0.1, -0.05) is 30.3 Å². The molecule has 1 atom stereocenters. The Morgan fingerprint density at radius 2 is 1.59 bits per heavy atom. The Hall–Kier alpha value is -2.80. The molecular weight excluding hydrogens is 376 g/mol. The van der Waals surface area contributed by atoms with Crippen molar-refractivity contribution in [3.63, 3.8) is 0 Å². The molecule has 2 saturated heterocycles. The number of hydrogen-bond acceptors (Lipinski definition) is 3. The molecule has 2 aliphatic rings. The van der Waals surface area contributed by atoms with Gasteiger partial charge >= 0.3 is 0 Å². The molecule has 0 N–H and O–H groups in total. The van der Waals surface area contributed by atoms with Crippen LogP contribution >= 0.6 is 0 Å². The molecule has 2 aromatic carbocycles. The summed E-state index contributed by atoms with van der Waals surface area (Å²) in [6.07, 6.45) is 0.0998. The van der Waals surface area contributed by atoms with Gasteiger partial charge in [0.25, 0.3) is 0 Å². The third-order valence-electron chi connectivity index (χ3n) is 5.65. The van der Waals surface area contributed by atoms with Gasteiger partial charge in [-0.3, -0.25) is 14.5 Å². The van der Waals surface area contributed by atoms with E-state index in [-0.39, 0.29) is 36.3 Å². The molecule has 4 rings (SSSR count). The maximum absolute atomic E-state index is 14.0. The van der Waals surface area contributed by atoms with Crippen LogP contribution in [-0.2, 0) is 16.1 Å². The van der Waals surface area contributed by atoms with Crippen molar-refractivity contribution in [2.45, 2.75) is 13.0 Å². The Balaban J connectivity index is 1.34. The van der Waals surface area contributed by atoms with E-state index in [1.807, 2.05) is 6.07 Å². The number of benzene rings is 2.